The van der Waals surface area contributed by atoms with E-state index in [4.69, 9.17) is 4.74 Å². The van der Waals surface area contributed by atoms with Crippen LogP contribution in [0.25, 0.3) is 0 Å². The summed E-state index contributed by atoms with van der Waals surface area (Å²) in [5.74, 6) is 0.230. The quantitative estimate of drug-likeness (QED) is 0.537. The summed E-state index contributed by atoms with van der Waals surface area (Å²) < 4.78 is 35.0. The molecule has 25 heavy (non-hydrogen) atoms. The summed E-state index contributed by atoms with van der Waals surface area (Å²) in [4.78, 5) is 0. The van der Waals surface area contributed by atoms with Crippen LogP contribution in [0, 0.1) is 23.5 Å². The Labute approximate surface area is 151 Å². The molecule has 3 rings (SSSR count). The zero-order valence-electron chi connectivity index (χ0n) is 15.7. The fourth-order valence-corrected chi connectivity index (χ4v) is 4.82. The summed E-state index contributed by atoms with van der Waals surface area (Å²) in [6, 6.07) is 3.43. The molecule has 140 valence electrons. The van der Waals surface area contributed by atoms with Gasteiger partial charge in [0.1, 0.15) is 0 Å². The van der Waals surface area contributed by atoms with Gasteiger partial charge in [0.05, 0.1) is 6.10 Å². The zero-order valence-corrected chi connectivity index (χ0v) is 15.7. The van der Waals surface area contributed by atoms with Crippen molar-refractivity contribution in [1.82, 2.24) is 0 Å². The minimum absolute atomic E-state index is 0.0382. The maximum Gasteiger partial charge on any atom is 0.200 e. The van der Waals surface area contributed by atoms with Gasteiger partial charge in [0.15, 0.2) is 11.6 Å². The molecule has 0 aromatic heterocycles. The first-order chi connectivity index (χ1) is 12.1. The molecular formula is C22H32F2O. The minimum Gasteiger partial charge on any atom is -0.487 e. The predicted octanol–water partition coefficient (Wildman–Crippen LogP) is 7.00. The van der Waals surface area contributed by atoms with Gasteiger partial charge in [0.25, 0.3) is 0 Å². The van der Waals surface area contributed by atoms with Crippen molar-refractivity contribution < 1.29 is 13.5 Å². The average molecular weight is 350 g/mol. The number of benzene rings is 1. The number of ether oxygens (including phenoxy) is 1. The lowest BCUT2D eigenvalue weighted by molar-refractivity contribution is 0.191. The van der Waals surface area contributed by atoms with Crippen LogP contribution in [-0.2, 0) is 0 Å². The van der Waals surface area contributed by atoms with Crippen molar-refractivity contribution in [3.05, 3.63) is 29.3 Å². The summed E-state index contributed by atoms with van der Waals surface area (Å²) in [5, 5.41) is 0. The van der Waals surface area contributed by atoms with Crippen LogP contribution < -0.4 is 4.74 Å². The highest BCUT2D eigenvalue weighted by Crippen LogP contribution is 2.40. The molecule has 0 spiro atoms. The summed E-state index contributed by atoms with van der Waals surface area (Å²) >= 11 is 0. The smallest absolute Gasteiger partial charge is 0.200 e. The fourth-order valence-electron chi connectivity index (χ4n) is 4.82. The van der Waals surface area contributed by atoms with Crippen LogP contribution >= 0.6 is 0 Å². The maximum absolute atomic E-state index is 14.6. The van der Waals surface area contributed by atoms with Crippen molar-refractivity contribution in [2.45, 2.75) is 90.1 Å². The van der Waals surface area contributed by atoms with E-state index in [-0.39, 0.29) is 17.8 Å². The van der Waals surface area contributed by atoms with Crippen LogP contribution in [0.5, 0.6) is 5.75 Å². The lowest BCUT2D eigenvalue weighted by atomic mass is 9.77. The second-order valence-electron chi connectivity index (χ2n) is 8.11. The lowest BCUT2D eigenvalue weighted by Gasteiger charge is -2.28. The molecule has 2 unspecified atom stereocenters. The Morgan fingerprint density at radius 3 is 2.32 bits per heavy atom. The van der Waals surface area contributed by atoms with Gasteiger partial charge in [-0.2, -0.15) is 4.39 Å². The molecule has 2 fully saturated rings. The summed E-state index contributed by atoms with van der Waals surface area (Å²) in [7, 11) is 0. The first-order valence-corrected chi connectivity index (χ1v) is 10.3. The molecule has 0 amide bonds. The first kappa shape index (κ1) is 18.7. The van der Waals surface area contributed by atoms with Gasteiger partial charge in [-0.15, -0.1) is 0 Å². The van der Waals surface area contributed by atoms with E-state index in [1.807, 2.05) is 0 Å². The molecule has 0 aliphatic heterocycles. The van der Waals surface area contributed by atoms with Crippen LogP contribution in [0.3, 0.4) is 0 Å². The Kier molecular flexibility index (Phi) is 6.35. The molecule has 0 heterocycles. The third-order valence-corrected chi connectivity index (χ3v) is 6.42. The van der Waals surface area contributed by atoms with Crippen molar-refractivity contribution in [3.63, 3.8) is 0 Å². The van der Waals surface area contributed by atoms with E-state index in [0.29, 0.717) is 11.5 Å². The van der Waals surface area contributed by atoms with Gasteiger partial charge in [-0.05, 0) is 74.3 Å². The minimum atomic E-state index is -0.783. The molecule has 0 saturated heterocycles. The van der Waals surface area contributed by atoms with Crippen molar-refractivity contribution in [2.24, 2.45) is 11.8 Å². The highest BCUT2D eigenvalue weighted by molar-refractivity contribution is 5.33. The van der Waals surface area contributed by atoms with Gasteiger partial charge in [-0.25, -0.2) is 4.39 Å². The summed E-state index contributed by atoms with van der Waals surface area (Å²) in [6.45, 7) is 4.40. The highest BCUT2D eigenvalue weighted by atomic mass is 19.2. The average Bonchev–Trinajstić information content (AvgIpc) is 3.07. The molecule has 2 saturated carbocycles. The highest BCUT2D eigenvalue weighted by Gasteiger charge is 2.29. The molecule has 1 nitrogen and oxygen atoms in total. The number of hydrogen-bond donors (Lipinski definition) is 0. The van der Waals surface area contributed by atoms with E-state index in [9.17, 15) is 8.78 Å². The van der Waals surface area contributed by atoms with Gasteiger partial charge in [0.2, 0.25) is 5.82 Å². The Hall–Kier alpha value is -1.12. The lowest BCUT2D eigenvalue weighted by Crippen LogP contribution is -2.16. The van der Waals surface area contributed by atoms with Crippen LogP contribution in [0.15, 0.2) is 12.1 Å². The van der Waals surface area contributed by atoms with Gasteiger partial charge in [-0.3, -0.25) is 0 Å². The van der Waals surface area contributed by atoms with Crippen molar-refractivity contribution >= 4 is 0 Å². The largest absolute Gasteiger partial charge is 0.487 e. The maximum atomic E-state index is 14.6. The standard InChI is InChI=1S/C22H32F2O/c1-3-5-16-8-11-18(14-16)25-20-13-12-19(21(23)22(20)24)17-9-6-15(4-2)7-10-17/h12-13,15-18H,3-11,14H2,1-2H3. The third-order valence-electron chi connectivity index (χ3n) is 6.42. The third kappa shape index (κ3) is 4.35. The SMILES string of the molecule is CCCC1CCC(Oc2ccc(C3CCC(CC)CC3)c(F)c2F)C1. The van der Waals surface area contributed by atoms with E-state index >= 15 is 0 Å². The van der Waals surface area contributed by atoms with Crippen molar-refractivity contribution in [3.8, 4) is 5.75 Å². The Balaban J connectivity index is 1.65. The topological polar surface area (TPSA) is 9.23 Å². The van der Waals surface area contributed by atoms with E-state index in [0.717, 1.165) is 50.9 Å². The van der Waals surface area contributed by atoms with Gasteiger partial charge >= 0.3 is 0 Å². The number of halogens is 2. The number of hydrogen-bond acceptors (Lipinski definition) is 1. The van der Waals surface area contributed by atoms with Crippen LogP contribution in [0.2, 0.25) is 0 Å². The molecule has 0 radical (unpaired) electrons. The Bertz CT molecular complexity index is 563. The molecule has 1 aromatic rings. The molecule has 2 atom stereocenters. The molecule has 3 heteroatoms. The molecule has 2 aliphatic carbocycles. The molecule has 2 aliphatic rings. The Morgan fingerprint density at radius 1 is 0.920 bits per heavy atom. The first-order valence-electron chi connectivity index (χ1n) is 10.3. The van der Waals surface area contributed by atoms with Crippen LogP contribution in [0.1, 0.15) is 89.5 Å². The normalized spacial score (nSPS) is 29.8. The van der Waals surface area contributed by atoms with Crippen molar-refractivity contribution in [2.75, 3.05) is 0 Å². The number of rotatable bonds is 6. The van der Waals surface area contributed by atoms with E-state index in [1.54, 1.807) is 12.1 Å². The van der Waals surface area contributed by atoms with Gasteiger partial charge in [-0.1, -0.05) is 39.2 Å². The molecule has 0 N–H and O–H groups in total. The zero-order chi connectivity index (χ0) is 17.8. The van der Waals surface area contributed by atoms with E-state index in [1.165, 1.54) is 19.3 Å². The Morgan fingerprint density at radius 2 is 1.64 bits per heavy atom. The molecular weight excluding hydrogens is 318 g/mol. The monoisotopic (exact) mass is 350 g/mol. The fraction of sp³-hybridized carbons (Fsp3) is 0.727. The van der Waals surface area contributed by atoms with Crippen LogP contribution in [-0.4, -0.2) is 6.10 Å². The van der Waals surface area contributed by atoms with Crippen LogP contribution in [0.4, 0.5) is 8.78 Å². The van der Waals surface area contributed by atoms with E-state index < -0.39 is 11.6 Å². The molecule has 1 aromatic carbocycles. The van der Waals surface area contributed by atoms with Gasteiger partial charge in [0, 0.05) is 0 Å². The predicted molar refractivity (Wildman–Crippen MR) is 98.0 cm³/mol. The van der Waals surface area contributed by atoms with Crippen molar-refractivity contribution in [1.29, 1.82) is 0 Å². The molecule has 0 bridgehead atoms. The van der Waals surface area contributed by atoms with Gasteiger partial charge < -0.3 is 4.74 Å². The summed E-state index contributed by atoms with van der Waals surface area (Å²) in [5.41, 5.74) is 0.551. The summed E-state index contributed by atoms with van der Waals surface area (Å²) in [6.07, 6.45) is 10.9. The van der Waals surface area contributed by atoms with E-state index in [2.05, 4.69) is 13.8 Å². The second-order valence-corrected chi connectivity index (χ2v) is 8.11. The second kappa shape index (κ2) is 8.51.